The van der Waals surface area contributed by atoms with Gasteiger partial charge in [0.15, 0.2) is 0 Å². The van der Waals surface area contributed by atoms with Crippen LogP contribution in [0.4, 0.5) is 0 Å². The third-order valence-electron chi connectivity index (χ3n) is 4.84. The van der Waals surface area contributed by atoms with Gasteiger partial charge in [-0.3, -0.25) is 14.4 Å². The van der Waals surface area contributed by atoms with Gasteiger partial charge in [0.2, 0.25) is 11.8 Å². The van der Waals surface area contributed by atoms with E-state index >= 15 is 0 Å². The predicted molar refractivity (Wildman–Crippen MR) is 101 cm³/mol. The minimum absolute atomic E-state index is 0.106. The summed E-state index contributed by atoms with van der Waals surface area (Å²) in [5.41, 5.74) is 0.104. The van der Waals surface area contributed by atoms with E-state index in [1.807, 2.05) is 0 Å². The molecule has 0 atom stereocenters. The van der Waals surface area contributed by atoms with Crippen molar-refractivity contribution in [3.63, 3.8) is 0 Å². The Balaban J connectivity index is 1.50. The fourth-order valence-corrected chi connectivity index (χ4v) is 3.38. The van der Waals surface area contributed by atoms with Crippen LogP contribution in [0.5, 0.6) is 0 Å². The molecular formula is C19H25N5O3. The van der Waals surface area contributed by atoms with Gasteiger partial charge in [0.1, 0.15) is 12.1 Å². The number of nitrogens with one attached hydrogen (secondary N) is 2. The maximum atomic E-state index is 12.3. The van der Waals surface area contributed by atoms with Gasteiger partial charge in [0, 0.05) is 6.04 Å². The number of rotatable bonds is 5. The van der Waals surface area contributed by atoms with E-state index in [-0.39, 0.29) is 30.6 Å². The lowest BCUT2D eigenvalue weighted by molar-refractivity contribution is -0.127. The second-order valence-electron chi connectivity index (χ2n) is 6.96. The lowest BCUT2D eigenvalue weighted by Crippen LogP contribution is -2.43. The lowest BCUT2D eigenvalue weighted by Gasteiger charge is -2.21. The molecule has 2 N–H and O–H groups in total. The normalized spacial score (nSPS) is 15.7. The first-order valence-corrected chi connectivity index (χ1v) is 9.52. The van der Waals surface area contributed by atoms with Crippen molar-refractivity contribution in [1.82, 2.24) is 25.6 Å². The van der Waals surface area contributed by atoms with Crippen molar-refractivity contribution >= 4 is 22.7 Å². The SMILES string of the molecule is O=C(Cn1nnc2ccccc2c1=O)NCC(=O)NC1CCCCCCC1. The maximum absolute atomic E-state index is 12.3. The highest BCUT2D eigenvalue weighted by molar-refractivity contribution is 5.84. The zero-order valence-corrected chi connectivity index (χ0v) is 15.3. The molecule has 3 rings (SSSR count). The minimum atomic E-state index is -0.450. The standard InChI is InChI=1S/C19H25N5O3/c25-17(21-14-8-4-2-1-3-5-9-14)12-20-18(26)13-24-19(27)15-10-6-7-11-16(15)22-23-24/h6-7,10-11,14H,1-5,8-9,12-13H2,(H,20,26)(H,21,25). The molecule has 2 aromatic rings. The van der Waals surface area contributed by atoms with Crippen LogP contribution in [0, 0.1) is 0 Å². The molecule has 144 valence electrons. The topological polar surface area (TPSA) is 106 Å². The second kappa shape index (κ2) is 9.25. The molecule has 0 aliphatic heterocycles. The Kier molecular flexibility index (Phi) is 6.51. The van der Waals surface area contributed by atoms with E-state index in [9.17, 15) is 14.4 Å². The Labute approximate surface area is 157 Å². The fraction of sp³-hybridized carbons (Fsp3) is 0.526. The van der Waals surface area contributed by atoms with Gasteiger partial charge in [0.25, 0.3) is 5.56 Å². The van der Waals surface area contributed by atoms with Crippen LogP contribution in [0.15, 0.2) is 29.1 Å². The molecule has 0 bridgehead atoms. The van der Waals surface area contributed by atoms with Gasteiger partial charge in [-0.2, -0.15) is 0 Å². The first kappa shape index (κ1) is 19.0. The molecule has 1 aliphatic rings. The Hall–Kier alpha value is -2.77. The molecule has 8 heteroatoms. The molecule has 0 unspecified atom stereocenters. The van der Waals surface area contributed by atoms with Gasteiger partial charge in [0.05, 0.1) is 11.9 Å². The zero-order valence-electron chi connectivity index (χ0n) is 15.3. The van der Waals surface area contributed by atoms with E-state index < -0.39 is 5.91 Å². The molecule has 8 nitrogen and oxygen atoms in total. The summed E-state index contributed by atoms with van der Waals surface area (Å²) in [5.74, 6) is -0.652. The summed E-state index contributed by atoms with van der Waals surface area (Å²) in [6.45, 7) is -0.377. The summed E-state index contributed by atoms with van der Waals surface area (Å²) >= 11 is 0. The van der Waals surface area contributed by atoms with E-state index in [0.29, 0.717) is 10.9 Å². The van der Waals surface area contributed by atoms with Gasteiger partial charge in [-0.25, -0.2) is 4.68 Å². The van der Waals surface area contributed by atoms with E-state index in [2.05, 4.69) is 20.9 Å². The van der Waals surface area contributed by atoms with Crippen LogP contribution >= 0.6 is 0 Å². The highest BCUT2D eigenvalue weighted by Gasteiger charge is 2.15. The first-order chi connectivity index (χ1) is 13.1. The van der Waals surface area contributed by atoms with E-state index in [1.54, 1.807) is 24.3 Å². The average Bonchev–Trinajstić information content (AvgIpc) is 2.65. The van der Waals surface area contributed by atoms with Crippen molar-refractivity contribution in [2.75, 3.05) is 6.54 Å². The number of benzene rings is 1. The molecule has 0 spiro atoms. The molecule has 1 aromatic carbocycles. The minimum Gasteiger partial charge on any atom is -0.352 e. The number of carbonyl (C=O) groups excluding carboxylic acids is 2. The van der Waals surface area contributed by atoms with Crippen molar-refractivity contribution in [1.29, 1.82) is 0 Å². The third-order valence-corrected chi connectivity index (χ3v) is 4.84. The summed E-state index contributed by atoms with van der Waals surface area (Å²) in [5, 5.41) is 13.7. The van der Waals surface area contributed by atoms with E-state index in [0.717, 1.165) is 30.4 Å². The quantitative estimate of drug-likeness (QED) is 0.820. The monoisotopic (exact) mass is 371 g/mol. The van der Waals surface area contributed by atoms with Crippen molar-refractivity contribution < 1.29 is 9.59 Å². The number of carbonyl (C=O) groups is 2. The van der Waals surface area contributed by atoms with Crippen LogP contribution in [0.2, 0.25) is 0 Å². The zero-order chi connectivity index (χ0) is 19.1. The van der Waals surface area contributed by atoms with Gasteiger partial charge in [-0.05, 0) is 25.0 Å². The fourth-order valence-electron chi connectivity index (χ4n) is 3.38. The van der Waals surface area contributed by atoms with Gasteiger partial charge < -0.3 is 10.6 Å². The number of hydrogen-bond donors (Lipinski definition) is 2. The molecule has 27 heavy (non-hydrogen) atoms. The van der Waals surface area contributed by atoms with Crippen LogP contribution in [0.25, 0.3) is 10.9 Å². The van der Waals surface area contributed by atoms with Crippen molar-refractivity contribution in [3.05, 3.63) is 34.6 Å². The smallest absolute Gasteiger partial charge is 0.278 e. The molecule has 0 saturated heterocycles. The van der Waals surface area contributed by atoms with Crippen LogP contribution in [-0.4, -0.2) is 39.4 Å². The van der Waals surface area contributed by atoms with Gasteiger partial charge in [-0.15, -0.1) is 5.10 Å². The number of nitrogens with zero attached hydrogens (tertiary/aromatic N) is 3. The van der Waals surface area contributed by atoms with Crippen molar-refractivity contribution in [3.8, 4) is 0 Å². The average molecular weight is 371 g/mol. The van der Waals surface area contributed by atoms with Crippen LogP contribution in [0.1, 0.15) is 44.9 Å². The molecule has 1 aromatic heterocycles. The Morgan fingerprint density at radius 3 is 2.52 bits per heavy atom. The number of aromatic nitrogens is 3. The summed E-state index contributed by atoms with van der Waals surface area (Å²) in [6, 6.07) is 7.01. The van der Waals surface area contributed by atoms with E-state index in [4.69, 9.17) is 0 Å². The first-order valence-electron chi connectivity index (χ1n) is 9.52. The molecule has 1 fully saturated rings. The molecule has 1 saturated carbocycles. The molecule has 0 radical (unpaired) electrons. The summed E-state index contributed by atoms with van der Waals surface area (Å²) in [6.07, 6.45) is 7.92. The highest BCUT2D eigenvalue weighted by Crippen LogP contribution is 2.16. The van der Waals surface area contributed by atoms with Crippen molar-refractivity contribution in [2.24, 2.45) is 0 Å². The predicted octanol–water partition coefficient (Wildman–Crippen LogP) is 1.14. The summed E-state index contributed by atoms with van der Waals surface area (Å²) in [7, 11) is 0. The molecular weight excluding hydrogens is 346 g/mol. The van der Waals surface area contributed by atoms with Gasteiger partial charge in [-0.1, -0.05) is 49.5 Å². The Morgan fingerprint density at radius 1 is 1.04 bits per heavy atom. The van der Waals surface area contributed by atoms with Crippen LogP contribution < -0.4 is 16.2 Å². The number of amides is 2. The maximum Gasteiger partial charge on any atom is 0.278 e. The van der Waals surface area contributed by atoms with Crippen LogP contribution in [0.3, 0.4) is 0 Å². The third kappa shape index (κ3) is 5.35. The molecule has 1 heterocycles. The molecule has 2 amide bonds. The number of hydrogen-bond acceptors (Lipinski definition) is 5. The Bertz CT molecular complexity index is 856. The summed E-state index contributed by atoms with van der Waals surface area (Å²) in [4.78, 5) is 36.5. The second-order valence-corrected chi connectivity index (χ2v) is 6.96. The largest absolute Gasteiger partial charge is 0.352 e. The van der Waals surface area contributed by atoms with Crippen molar-refractivity contribution in [2.45, 2.75) is 57.5 Å². The van der Waals surface area contributed by atoms with Gasteiger partial charge >= 0.3 is 0 Å². The van der Waals surface area contributed by atoms with E-state index in [1.165, 1.54) is 19.3 Å². The lowest BCUT2D eigenvalue weighted by atomic mass is 9.97. The van der Waals surface area contributed by atoms with Crippen LogP contribution in [-0.2, 0) is 16.1 Å². The highest BCUT2D eigenvalue weighted by atomic mass is 16.2. The number of fused-ring (bicyclic) bond motifs is 1. The molecule has 1 aliphatic carbocycles. The Morgan fingerprint density at radius 2 is 1.74 bits per heavy atom. The summed E-state index contributed by atoms with van der Waals surface area (Å²) < 4.78 is 1.00.